The van der Waals surface area contributed by atoms with Gasteiger partial charge in [0.05, 0.1) is 22.8 Å². The van der Waals surface area contributed by atoms with Gasteiger partial charge < -0.3 is 10.1 Å². The third-order valence-corrected chi connectivity index (χ3v) is 5.02. The minimum absolute atomic E-state index is 0.110. The molecule has 7 nitrogen and oxygen atoms in total. The Bertz CT molecular complexity index is 1090. The first kappa shape index (κ1) is 17.3. The summed E-state index contributed by atoms with van der Waals surface area (Å²) in [7, 11) is 0. The first-order valence-corrected chi connectivity index (χ1v) is 8.98. The standard InChI is InChI=1S/C20H21N3O4/c1-10(2)8-23-17-16(18(24)22-20(23)26)14(12-7-5-4-6-11(12)3)15-13(21-17)9-27-19(15)25/h4-7,10,14,21H,8-9H2,1-3H3,(H,22,24,26)/t14-/m1/s1. The van der Waals surface area contributed by atoms with Crippen molar-refractivity contribution in [1.82, 2.24) is 9.55 Å². The number of hydrogen-bond donors (Lipinski definition) is 2. The van der Waals surface area contributed by atoms with Crippen LogP contribution in [0.4, 0.5) is 5.82 Å². The number of nitrogens with one attached hydrogen (secondary N) is 2. The zero-order valence-corrected chi connectivity index (χ0v) is 15.5. The Labute approximate surface area is 155 Å². The second-order valence-electron chi connectivity index (χ2n) is 7.41. The van der Waals surface area contributed by atoms with Crippen LogP contribution in [0.2, 0.25) is 0 Å². The molecule has 2 N–H and O–H groups in total. The van der Waals surface area contributed by atoms with Crippen LogP contribution >= 0.6 is 0 Å². The molecule has 0 fully saturated rings. The van der Waals surface area contributed by atoms with Crippen molar-refractivity contribution in [3.05, 3.63) is 73.1 Å². The summed E-state index contributed by atoms with van der Waals surface area (Å²) < 4.78 is 6.78. The highest BCUT2D eigenvalue weighted by Gasteiger charge is 2.41. The molecule has 2 aromatic rings. The maximum atomic E-state index is 12.8. The van der Waals surface area contributed by atoms with Gasteiger partial charge in [-0.25, -0.2) is 9.59 Å². The number of hydrogen-bond acceptors (Lipinski definition) is 5. The summed E-state index contributed by atoms with van der Waals surface area (Å²) in [4.78, 5) is 40.2. The molecule has 0 unspecified atom stereocenters. The average Bonchev–Trinajstić information content (AvgIpc) is 2.98. The predicted molar refractivity (Wildman–Crippen MR) is 101 cm³/mol. The van der Waals surface area contributed by atoms with Gasteiger partial charge in [-0.3, -0.25) is 14.3 Å². The van der Waals surface area contributed by atoms with Crippen LogP contribution in [0.25, 0.3) is 0 Å². The van der Waals surface area contributed by atoms with Gasteiger partial charge in [0.1, 0.15) is 12.4 Å². The number of ether oxygens (including phenoxy) is 1. The molecular formula is C20H21N3O4. The molecule has 0 aliphatic carbocycles. The number of cyclic esters (lactones) is 1. The maximum absolute atomic E-state index is 12.8. The lowest BCUT2D eigenvalue weighted by atomic mass is 9.81. The molecule has 1 aromatic carbocycles. The van der Waals surface area contributed by atoms with Crippen LogP contribution in [0.1, 0.15) is 36.5 Å². The molecule has 0 radical (unpaired) electrons. The number of H-pyrrole nitrogens is 1. The summed E-state index contributed by atoms with van der Waals surface area (Å²) in [5.41, 5.74) is 2.30. The summed E-state index contributed by atoms with van der Waals surface area (Å²) in [6, 6.07) is 7.63. The molecule has 2 aliphatic heterocycles. The number of carbonyl (C=O) groups excluding carboxylic acids is 1. The first-order chi connectivity index (χ1) is 12.9. The fourth-order valence-corrected chi connectivity index (χ4v) is 3.85. The zero-order chi connectivity index (χ0) is 19.3. The van der Waals surface area contributed by atoms with Crippen molar-refractivity contribution in [2.75, 3.05) is 11.9 Å². The molecule has 4 rings (SSSR count). The smallest absolute Gasteiger partial charge is 0.337 e. The van der Waals surface area contributed by atoms with Gasteiger partial charge in [0.15, 0.2) is 0 Å². The van der Waals surface area contributed by atoms with Crippen LogP contribution in [0.5, 0.6) is 0 Å². The van der Waals surface area contributed by atoms with Gasteiger partial charge >= 0.3 is 11.7 Å². The van der Waals surface area contributed by atoms with E-state index in [4.69, 9.17) is 4.74 Å². The molecular weight excluding hydrogens is 346 g/mol. The van der Waals surface area contributed by atoms with Gasteiger partial charge in [-0.15, -0.1) is 0 Å². The van der Waals surface area contributed by atoms with Gasteiger partial charge in [0.25, 0.3) is 5.56 Å². The lowest BCUT2D eigenvalue weighted by Crippen LogP contribution is -2.39. The molecule has 1 aromatic heterocycles. The Morgan fingerprint density at radius 3 is 2.67 bits per heavy atom. The lowest BCUT2D eigenvalue weighted by Gasteiger charge is -2.29. The highest BCUT2D eigenvalue weighted by atomic mass is 16.5. The second kappa shape index (κ2) is 6.26. The summed E-state index contributed by atoms with van der Waals surface area (Å²) >= 11 is 0. The van der Waals surface area contributed by atoms with E-state index in [2.05, 4.69) is 10.3 Å². The number of carbonyl (C=O) groups is 1. The van der Waals surface area contributed by atoms with E-state index in [-0.39, 0.29) is 12.5 Å². The number of nitrogens with zero attached hydrogens (tertiary/aromatic N) is 1. The number of aromatic nitrogens is 2. The monoisotopic (exact) mass is 367 g/mol. The summed E-state index contributed by atoms with van der Waals surface area (Å²) in [6.07, 6.45) is 0. The largest absolute Gasteiger partial charge is 0.456 e. The average molecular weight is 367 g/mol. The van der Waals surface area contributed by atoms with Gasteiger partial charge in [-0.2, -0.15) is 0 Å². The Hall–Kier alpha value is -3.09. The van der Waals surface area contributed by atoms with E-state index in [1.807, 2.05) is 45.0 Å². The van der Waals surface area contributed by atoms with Crippen molar-refractivity contribution >= 4 is 11.8 Å². The van der Waals surface area contributed by atoms with E-state index in [1.165, 1.54) is 0 Å². The van der Waals surface area contributed by atoms with Crippen molar-refractivity contribution < 1.29 is 9.53 Å². The van der Waals surface area contributed by atoms with E-state index < -0.39 is 23.1 Å². The molecule has 1 atom stereocenters. The first-order valence-electron chi connectivity index (χ1n) is 8.98. The van der Waals surface area contributed by atoms with E-state index >= 15 is 0 Å². The quantitative estimate of drug-likeness (QED) is 0.808. The number of anilines is 1. The van der Waals surface area contributed by atoms with Crippen LogP contribution in [0.3, 0.4) is 0 Å². The van der Waals surface area contributed by atoms with Crippen molar-refractivity contribution in [2.45, 2.75) is 33.2 Å². The normalized spacial score (nSPS) is 18.2. The minimum atomic E-state index is -0.574. The maximum Gasteiger partial charge on any atom is 0.337 e. The Balaban J connectivity index is 2.05. The van der Waals surface area contributed by atoms with E-state index in [1.54, 1.807) is 4.57 Å². The molecule has 0 amide bonds. The molecule has 140 valence electrons. The summed E-state index contributed by atoms with van der Waals surface area (Å²) in [6.45, 7) is 6.49. The third-order valence-electron chi connectivity index (χ3n) is 5.02. The molecule has 0 saturated carbocycles. The Kier molecular flexibility index (Phi) is 4.02. The predicted octanol–water partition coefficient (Wildman–Crippen LogP) is 1.87. The van der Waals surface area contributed by atoms with Crippen molar-refractivity contribution in [3.63, 3.8) is 0 Å². The van der Waals surface area contributed by atoms with Gasteiger partial charge in [0.2, 0.25) is 0 Å². The number of fused-ring (bicyclic) bond motifs is 1. The van der Waals surface area contributed by atoms with Gasteiger partial charge in [-0.1, -0.05) is 38.1 Å². The van der Waals surface area contributed by atoms with Gasteiger partial charge in [-0.05, 0) is 24.0 Å². The molecule has 3 heterocycles. The van der Waals surface area contributed by atoms with Crippen molar-refractivity contribution in [1.29, 1.82) is 0 Å². The molecule has 2 aliphatic rings. The zero-order valence-electron chi connectivity index (χ0n) is 15.5. The van der Waals surface area contributed by atoms with Crippen LogP contribution in [0, 0.1) is 12.8 Å². The molecule has 27 heavy (non-hydrogen) atoms. The lowest BCUT2D eigenvalue weighted by molar-refractivity contribution is -0.136. The van der Waals surface area contributed by atoms with Crippen LogP contribution < -0.4 is 16.6 Å². The van der Waals surface area contributed by atoms with Crippen LogP contribution in [-0.4, -0.2) is 22.1 Å². The van der Waals surface area contributed by atoms with E-state index in [0.29, 0.717) is 29.2 Å². The topological polar surface area (TPSA) is 93.2 Å². The molecule has 0 spiro atoms. The highest BCUT2D eigenvalue weighted by Crippen LogP contribution is 2.43. The number of rotatable bonds is 3. The molecule has 0 saturated heterocycles. The number of aryl methyl sites for hydroxylation is 1. The van der Waals surface area contributed by atoms with E-state index in [9.17, 15) is 14.4 Å². The Morgan fingerprint density at radius 1 is 1.22 bits per heavy atom. The fraction of sp³-hybridized carbons (Fsp3) is 0.350. The van der Waals surface area contributed by atoms with Crippen molar-refractivity contribution in [2.24, 2.45) is 5.92 Å². The third kappa shape index (κ3) is 2.70. The SMILES string of the molecule is Cc1ccccc1[C@@H]1C2=C(COC2=O)Nc2c1c(=O)[nH]c(=O)n2CC(C)C. The van der Waals surface area contributed by atoms with Crippen molar-refractivity contribution in [3.8, 4) is 0 Å². The Morgan fingerprint density at radius 2 is 1.96 bits per heavy atom. The summed E-state index contributed by atoms with van der Waals surface area (Å²) in [5.74, 6) is -0.358. The molecule has 7 heteroatoms. The van der Waals surface area contributed by atoms with E-state index in [0.717, 1.165) is 11.1 Å². The summed E-state index contributed by atoms with van der Waals surface area (Å²) in [5, 5.41) is 3.14. The fourth-order valence-electron chi connectivity index (χ4n) is 3.85. The highest BCUT2D eigenvalue weighted by molar-refractivity contribution is 5.97. The van der Waals surface area contributed by atoms with Crippen LogP contribution in [0.15, 0.2) is 45.1 Å². The number of esters is 1. The van der Waals surface area contributed by atoms with Gasteiger partial charge in [0, 0.05) is 6.54 Å². The number of aromatic amines is 1. The minimum Gasteiger partial charge on any atom is -0.456 e. The van der Waals surface area contributed by atoms with Crippen LogP contribution in [-0.2, 0) is 16.1 Å². The molecule has 0 bridgehead atoms. The number of benzene rings is 1. The second-order valence-corrected chi connectivity index (χ2v) is 7.41.